The van der Waals surface area contributed by atoms with Gasteiger partial charge in [-0.3, -0.25) is 0 Å². The van der Waals surface area contributed by atoms with Gasteiger partial charge in [0.15, 0.2) is 0 Å². The molecule has 0 amide bonds. The average molecular weight is 239 g/mol. The predicted octanol–water partition coefficient (Wildman–Crippen LogP) is 2.10. The van der Waals surface area contributed by atoms with Gasteiger partial charge in [-0.05, 0) is 17.7 Å². The molecule has 0 fully saturated rings. The first kappa shape index (κ1) is 12.1. The van der Waals surface area contributed by atoms with Gasteiger partial charge in [0.2, 0.25) is 0 Å². The molecule has 0 saturated heterocycles. The van der Waals surface area contributed by atoms with Crippen molar-refractivity contribution in [2.24, 2.45) is 0 Å². The summed E-state index contributed by atoms with van der Waals surface area (Å²) < 4.78 is 0. The van der Waals surface area contributed by atoms with Crippen molar-refractivity contribution in [3.8, 4) is 6.07 Å². The Morgan fingerprint density at radius 2 is 1.94 bits per heavy atom. The second-order valence-electron chi connectivity index (χ2n) is 3.81. The number of anilines is 1. The fourth-order valence-electron chi connectivity index (χ4n) is 1.68. The Morgan fingerprint density at radius 1 is 1.17 bits per heavy atom. The highest BCUT2D eigenvalue weighted by Gasteiger charge is 2.10. The number of hydrogen-bond acceptors (Lipinski definition) is 4. The van der Waals surface area contributed by atoms with Crippen LogP contribution in [-0.2, 0) is 0 Å². The Labute approximate surface area is 106 Å². The number of aromatic nitrogens is 1. The standard InChI is InChI=1S/C14H13N3O/c15-9-12-7-4-8-14(16-12)17-13(10-18)11-5-2-1-3-6-11/h1-8,13,18H,10H2,(H,16,17)/t13-/m0/s1. The first-order valence-electron chi connectivity index (χ1n) is 5.63. The summed E-state index contributed by atoms with van der Waals surface area (Å²) in [7, 11) is 0. The van der Waals surface area contributed by atoms with Crippen molar-refractivity contribution in [2.75, 3.05) is 11.9 Å². The van der Waals surface area contributed by atoms with Crippen LogP contribution in [0.2, 0.25) is 0 Å². The van der Waals surface area contributed by atoms with Crippen molar-refractivity contribution in [3.63, 3.8) is 0 Å². The van der Waals surface area contributed by atoms with Crippen LogP contribution in [0.4, 0.5) is 5.82 Å². The summed E-state index contributed by atoms with van der Waals surface area (Å²) in [5.41, 5.74) is 1.33. The summed E-state index contributed by atoms with van der Waals surface area (Å²) in [6, 6.07) is 16.5. The van der Waals surface area contributed by atoms with Crippen molar-refractivity contribution >= 4 is 5.82 Å². The van der Waals surface area contributed by atoms with E-state index in [9.17, 15) is 5.11 Å². The van der Waals surface area contributed by atoms with E-state index in [2.05, 4.69) is 10.3 Å². The summed E-state index contributed by atoms with van der Waals surface area (Å²) >= 11 is 0. The van der Waals surface area contributed by atoms with Crippen LogP contribution >= 0.6 is 0 Å². The van der Waals surface area contributed by atoms with Crippen LogP contribution in [-0.4, -0.2) is 16.7 Å². The summed E-state index contributed by atoms with van der Waals surface area (Å²) in [6.45, 7) is -0.0392. The molecule has 2 N–H and O–H groups in total. The van der Waals surface area contributed by atoms with Gasteiger partial charge in [0.1, 0.15) is 17.6 Å². The second-order valence-corrected chi connectivity index (χ2v) is 3.81. The van der Waals surface area contributed by atoms with E-state index < -0.39 is 0 Å². The van der Waals surface area contributed by atoms with Crippen LogP contribution in [0, 0.1) is 11.3 Å². The minimum atomic E-state index is -0.229. The van der Waals surface area contributed by atoms with Crippen LogP contribution in [0.5, 0.6) is 0 Å². The normalized spacial score (nSPS) is 11.6. The van der Waals surface area contributed by atoms with Gasteiger partial charge in [0.25, 0.3) is 0 Å². The van der Waals surface area contributed by atoms with Gasteiger partial charge in [0.05, 0.1) is 12.6 Å². The molecular formula is C14H13N3O. The van der Waals surface area contributed by atoms with E-state index in [4.69, 9.17) is 5.26 Å². The zero-order valence-corrected chi connectivity index (χ0v) is 9.74. The summed E-state index contributed by atoms with van der Waals surface area (Å²) in [5, 5.41) is 21.3. The lowest BCUT2D eigenvalue weighted by atomic mass is 10.1. The van der Waals surface area contributed by atoms with E-state index in [1.54, 1.807) is 18.2 Å². The van der Waals surface area contributed by atoms with E-state index >= 15 is 0 Å². The highest BCUT2D eigenvalue weighted by Crippen LogP contribution is 2.17. The van der Waals surface area contributed by atoms with E-state index in [0.29, 0.717) is 11.5 Å². The van der Waals surface area contributed by atoms with Gasteiger partial charge in [-0.2, -0.15) is 5.26 Å². The number of nitriles is 1. The third-order valence-corrected chi connectivity index (χ3v) is 2.57. The quantitative estimate of drug-likeness (QED) is 0.857. The summed E-state index contributed by atoms with van der Waals surface area (Å²) in [6.07, 6.45) is 0. The second kappa shape index (κ2) is 5.80. The van der Waals surface area contributed by atoms with Gasteiger partial charge in [-0.15, -0.1) is 0 Å². The monoisotopic (exact) mass is 239 g/mol. The van der Waals surface area contributed by atoms with Crippen LogP contribution in [0.3, 0.4) is 0 Å². The molecule has 4 heteroatoms. The number of rotatable bonds is 4. The van der Waals surface area contributed by atoms with Crippen molar-refractivity contribution < 1.29 is 5.11 Å². The van der Waals surface area contributed by atoms with Crippen LogP contribution < -0.4 is 5.32 Å². The lowest BCUT2D eigenvalue weighted by molar-refractivity contribution is 0.276. The maximum atomic E-state index is 9.41. The number of nitrogens with zero attached hydrogens (tertiary/aromatic N) is 2. The predicted molar refractivity (Wildman–Crippen MR) is 68.8 cm³/mol. The molecule has 1 atom stereocenters. The molecule has 90 valence electrons. The number of aliphatic hydroxyl groups is 1. The third kappa shape index (κ3) is 2.84. The smallest absolute Gasteiger partial charge is 0.142 e. The maximum absolute atomic E-state index is 9.41. The average Bonchev–Trinajstić information content (AvgIpc) is 2.46. The number of benzene rings is 1. The first-order valence-corrected chi connectivity index (χ1v) is 5.63. The first-order chi connectivity index (χ1) is 8.83. The Hall–Kier alpha value is -2.38. The molecule has 2 rings (SSSR count). The zero-order valence-electron chi connectivity index (χ0n) is 9.74. The molecule has 0 aliphatic carbocycles. The minimum Gasteiger partial charge on any atom is -0.394 e. The van der Waals surface area contributed by atoms with Crippen molar-refractivity contribution in [2.45, 2.75) is 6.04 Å². The topological polar surface area (TPSA) is 68.9 Å². The number of hydrogen-bond donors (Lipinski definition) is 2. The SMILES string of the molecule is N#Cc1cccc(N[C@@H](CO)c2ccccc2)n1. The Morgan fingerprint density at radius 3 is 2.61 bits per heavy atom. The van der Waals surface area contributed by atoms with Gasteiger partial charge >= 0.3 is 0 Å². The Kier molecular flexibility index (Phi) is 3.90. The van der Waals surface area contributed by atoms with E-state index in [1.165, 1.54) is 0 Å². The molecule has 18 heavy (non-hydrogen) atoms. The zero-order chi connectivity index (χ0) is 12.8. The fraction of sp³-hybridized carbons (Fsp3) is 0.143. The number of aliphatic hydroxyl groups excluding tert-OH is 1. The molecule has 1 aromatic heterocycles. The number of nitrogens with one attached hydrogen (secondary N) is 1. The fourth-order valence-corrected chi connectivity index (χ4v) is 1.68. The highest BCUT2D eigenvalue weighted by atomic mass is 16.3. The molecule has 0 bridgehead atoms. The molecule has 1 aromatic carbocycles. The lowest BCUT2D eigenvalue weighted by Gasteiger charge is -2.17. The molecule has 4 nitrogen and oxygen atoms in total. The summed E-state index contributed by atoms with van der Waals surface area (Å²) in [5.74, 6) is 0.581. The van der Waals surface area contributed by atoms with Gasteiger partial charge in [-0.25, -0.2) is 4.98 Å². The largest absolute Gasteiger partial charge is 0.394 e. The summed E-state index contributed by atoms with van der Waals surface area (Å²) in [4.78, 5) is 4.12. The van der Waals surface area contributed by atoms with Crippen LogP contribution in [0.25, 0.3) is 0 Å². The number of pyridine rings is 1. The van der Waals surface area contributed by atoms with E-state index in [1.807, 2.05) is 36.4 Å². The molecular weight excluding hydrogens is 226 g/mol. The molecule has 0 spiro atoms. The lowest BCUT2D eigenvalue weighted by Crippen LogP contribution is -2.15. The van der Waals surface area contributed by atoms with Crippen LogP contribution in [0.15, 0.2) is 48.5 Å². The molecule has 0 aliphatic heterocycles. The Bertz CT molecular complexity index is 548. The van der Waals surface area contributed by atoms with Crippen molar-refractivity contribution in [1.82, 2.24) is 4.98 Å². The van der Waals surface area contributed by atoms with Crippen molar-refractivity contribution in [3.05, 3.63) is 59.8 Å². The van der Waals surface area contributed by atoms with Gasteiger partial charge in [0, 0.05) is 0 Å². The minimum absolute atomic E-state index is 0.0392. The van der Waals surface area contributed by atoms with Gasteiger partial charge < -0.3 is 10.4 Å². The van der Waals surface area contributed by atoms with E-state index in [0.717, 1.165) is 5.56 Å². The van der Waals surface area contributed by atoms with Gasteiger partial charge in [-0.1, -0.05) is 36.4 Å². The highest BCUT2D eigenvalue weighted by molar-refractivity contribution is 5.41. The maximum Gasteiger partial charge on any atom is 0.142 e. The molecule has 0 unspecified atom stereocenters. The Balaban J connectivity index is 2.18. The van der Waals surface area contributed by atoms with Crippen molar-refractivity contribution in [1.29, 1.82) is 5.26 Å². The van der Waals surface area contributed by atoms with E-state index in [-0.39, 0.29) is 12.6 Å². The molecule has 0 saturated carbocycles. The molecule has 2 aromatic rings. The third-order valence-electron chi connectivity index (χ3n) is 2.57. The molecule has 0 aliphatic rings. The molecule has 1 heterocycles. The van der Waals surface area contributed by atoms with Crippen LogP contribution in [0.1, 0.15) is 17.3 Å². The molecule has 0 radical (unpaired) electrons.